The molecule has 3 aromatic heterocycles. The van der Waals surface area contributed by atoms with Gasteiger partial charge in [0.25, 0.3) is 5.91 Å². The average Bonchev–Trinajstić information content (AvgIpc) is 3.56. The van der Waals surface area contributed by atoms with Gasteiger partial charge in [-0.25, -0.2) is 9.97 Å². The Kier molecular flexibility index (Phi) is 3.72. The van der Waals surface area contributed by atoms with Gasteiger partial charge in [-0.2, -0.15) is 5.10 Å². The highest BCUT2D eigenvalue weighted by atomic mass is 16.3. The highest BCUT2D eigenvalue weighted by Gasteiger charge is 2.38. The van der Waals surface area contributed by atoms with E-state index >= 15 is 0 Å². The van der Waals surface area contributed by atoms with E-state index in [0.29, 0.717) is 40.7 Å². The second kappa shape index (κ2) is 6.05. The van der Waals surface area contributed by atoms with Crippen LogP contribution in [0.25, 0.3) is 11.1 Å². The largest absolute Gasteiger partial charge is 0.442 e. The van der Waals surface area contributed by atoms with E-state index in [-0.39, 0.29) is 11.4 Å². The van der Waals surface area contributed by atoms with Crippen molar-refractivity contribution in [1.29, 1.82) is 0 Å². The van der Waals surface area contributed by atoms with Crippen molar-refractivity contribution in [3.05, 3.63) is 35.1 Å². The molecule has 0 aromatic carbocycles. The zero-order chi connectivity index (χ0) is 19.5. The molecule has 3 aromatic rings. The molecule has 2 saturated carbocycles. The third-order valence-corrected chi connectivity index (χ3v) is 5.70. The fraction of sp³-hybridized carbons (Fsp3) is 0.500. The number of aromatic amines is 1. The van der Waals surface area contributed by atoms with Crippen molar-refractivity contribution in [3.63, 3.8) is 0 Å². The Morgan fingerprint density at radius 2 is 2.18 bits per heavy atom. The van der Waals surface area contributed by atoms with E-state index in [1.165, 1.54) is 19.2 Å². The SMILES string of the molecule is Cc1oc2ncnc(NC3(C)CC3)c2c1C(=O)N(C)Cc1cc(C2CC2)n[nH]1. The van der Waals surface area contributed by atoms with E-state index < -0.39 is 0 Å². The number of rotatable bonds is 6. The highest BCUT2D eigenvalue weighted by molar-refractivity contribution is 6.10. The quantitative estimate of drug-likeness (QED) is 0.680. The van der Waals surface area contributed by atoms with Crippen molar-refractivity contribution in [2.75, 3.05) is 12.4 Å². The second-order valence-electron chi connectivity index (χ2n) is 8.37. The van der Waals surface area contributed by atoms with Crippen LogP contribution in [-0.2, 0) is 6.54 Å². The van der Waals surface area contributed by atoms with Gasteiger partial charge < -0.3 is 14.6 Å². The van der Waals surface area contributed by atoms with Gasteiger partial charge in [-0.1, -0.05) is 0 Å². The summed E-state index contributed by atoms with van der Waals surface area (Å²) in [6, 6.07) is 2.06. The summed E-state index contributed by atoms with van der Waals surface area (Å²) in [6.45, 7) is 4.41. The Morgan fingerprint density at radius 1 is 1.39 bits per heavy atom. The summed E-state index contributed by atoms with van der Waals surface area (Å²) in [5.74, 6) is 1.69. The number of aromatic nitrogens is 4. The predicted octanol–water partition coefficient (Wildman–Crippen LogP) is 3.37. The van der Waals surface area contributed by atoms with Crippen LogP contribution in [0.4, 0.5) is 5.82 Å². The maximum atomic E-state index is 13.3. The molecule has 0 saturated heterocycles. The number of nitrogens with zero attached hydrogens (tertiary/aromatic N) is 4. The lowest BCUT2D eigenvalue weighted by atomic mass is 10.1. The Morgan fingerprint density at radius 3 is 2.89 bits per heavy atom. The number of anilines is 1. The molecule has 5 rings (SSSR count). The van der Waals surface area contributed by atoms with Crippen molar-refractivity contribution in [2.24, 2.45) is 0 Å². The molecule has 146 valence electrons. The molecule has 0 spiro atoms. The first-order valence-corrected chi connectivity index (χ1v) is 9.75. The van der Waals surface area contributed by atoms with Gasteiger partial charge in [0.1, 0.15) is 17.9 Å². The molecule has 28 heavy (non-hydrogen) atoms. The van der Waals surface area contributed by atoms with Crippen LogP contribution < -0.4 is 5.32 Å². The van der Waals surface area contributed by atoms with Gasteiger partial charge in [-0.05, 0) is 45.6 Å². The third-order valence-electron chi connectivity index (χ3n) is 5.70. The van der Waals surface area contributed by atoms with Gasteiger partial charge in [0.15, 0.2) is 0 Å². The van der Waals surface area contributed by atoms with E-state index in [0.717, 1.165) is 24.2 Å². The van der Waals surface area contributed by atoms with Gasteiger partial charge >= 0.3 is 0 Å². The van der Waals surface area contributed by atoms with Crippen LogP contribution in [0.1, 0.15) is 66.0 Å². The standard InChI is InChI=1S/C20H24N6O2/c1-11-15(16-17(23-20(2)6-7-20)21-10-22-18(16)28-11)19(27)26(3)9-13-8-14(25-24-13)12-4-5-12/h8,10,12H,4-7,9H2,1-3H3,(H,24,25)(H,21,22,23). The lowest BCUT2D eigenvalue weighted by Gasteiger charge is -2.17. The number of H-pyrrole nitrogens is 1. The topological polar surface area (TPSA) is 99.9 Å². The number of nitrogens with one attached hydrogen (secondary N) is 2. The maximum Gasteiger partial charge on any atom is 0.258 e. The van der Waals surface area contributed by atoms with Gasteiger partial charge in [0.2, 0.25) is 5.71 Å². The molecule has 0 aliphatic heterocycles. The van der Waals surface area contributed by atoms with Crippen molar-refractivity contribution in [2.45, 2.75) is 57.5 Å². The summed E-state index contributed by atoms with van der Waals surface area (Å²) >= 11 is 0. The van der Waals surface area contributed by atoms with Crippen molar-refractivity contribution >= 4 is 22.8 Å². The third kappa shape index (κ3) is 3.02. The number of carbonyl (C=O) groups is 1. The molecule has 2 aliphatic carbocycles. The molecular formula is C20H24N6O2. The normalized spacial score (nSPS) is 17.7. The lowest BCUT2D eigenvalue weighted by molar-refractivity contribution is 0.0783. The first-order valence-electron chi connectivity index (χ1n) is 9.75. The van der Waals surface area contributed by atoms with Crippen molar-refractivity contribution in [3.8, 4) is 0 Å². The van der Waals surface area contributed by atoms with Gasteiger partial charge in [0, 0.05) is 18.5 Å². The highest BCUT2D eigenvalue weighted by Crippen LogP contribution is 2.41. The van der Waals surface area contributed by atoms with Crippen LogP contribution in [0.2, 0.25) is 0 Å². The zero-order valence-electron chi connectivity index (χ0n) is 16.4. The Labute approximate surface area is 162 Å². The molecule has 0 atom stereocenters. The van der Waals surface area contributed by atoms with Crippen LogP contribution in [-0.4, -0.2) is 43.6 Å². The van der Waals surface area contributed by atoms with Crippen LogP contribution in [0.15, 0.2) is 16.8 Å². The summed E-state index contributed by atoms with van der Waals surface area (Å²) in [7, 11) is 1.79. The summed E-state index contributed by atoms with van der Waals surface area (Å²) in [5.41, 5.74) is 3.02. The molecule has 3 heterocycles. The molecule has 2 N–H and O–H groups in total. The summed E-state index contributed by atoms with van der Waals surface area (Å²) < 4.78 is 5.78. The Balaban J connectivity index is 1.45. The molecule has 8 heteroatoms. The summed E-state index contributed by atoms with van der Waals surface area (Å²) in [6.07, 6.45) is 6.05. The van der Waals surface area contributed by atoms with Crippen LogP contribution in [0, 0.1) is 6.92 Å². The maximum absolute atomic E-state index is 13.3. The predicted molar refractivity (Wildman–Crippen MR) is 104 cm³/mol. The Hall–Kier alpha value is -2.90. The number of carbonyl (C=O) groups excluding carboxylic acids is 1. The average molecular weight is 380 g/mol. The number of hydrogen-bond acceptors (Lipinski definition) is 6. The smallest absolute Gasteiger partial charge is 0.258 e. The number of hydrogen-bond donors (Lipinski definition) is 2. The first kappa shape index (κ1) is 17.2. The number of furan rings is 1. The Bertz CT molecular complexity index is 1060. The lowest BCUT2D eigenvalue weighted by Crippen LogP contribution is -2.27. The van der Waals surface area contributed by atoms with Crippen LogP contribution in [0.5, 0.6) is 0 Å². The van der Waals surface area contributed by atoms with E-state index in [9.17, 15) is 4.79 Å². The minimum absolute atomic E-state index is 0.0355. The molecule has 0 unspecified atom stereocenters. The fourth-order valence-corrected chi connectivity index (χ4v) is 3.56. The summed E-state index contributed by atoms with van der Waals surface area (Å²) in [4.78, 5) is 23.6. The molecule has 0 radical (unpaired) electrons. The molecule has 1 amide bonds. The van der Waals surface area contributed by atoms with E-state index in [4.69, 9.17) is 4.42 Å². The molecule has 2 fully saturated rings. The minimum atomic E-state index is -0.113. The molecular weight excluding hydrogens is 356 g/mol. The zero-order valence-corrected chi connectivity index (χ0v) is 16.4. The van der Waals surface area contributed by atoms with Crippen molar-refractivity contribution < 1.29 is 9.21 Å². The number of amides is 1. The molecule has 0 bridgehead atoms. The number of fused-ring (bicyclic) bond motifs is 1. The fourth-order valence-electron chi connectivity index (χ4n) is 3.56. The van der Waals surface area contributed by atoms with Gasteiger partial charge in [-0.15, -0.1) is 0 Å². The minimum Gasteiger partial charge on any atom is -0.442 e. The van der Waals surface area contributed by atoms with Gasteiger partial charge in [0.05, 0.1) is 28.9 Å². The monoisotopic (exact) mass is 380 g/mol. The first-order chi connectivity index (χ1) is 13.4. The van der Waals surface area contributed by atoms with Crippen molar-refractivity contribution in [1.82, 2.24) is 25.1 Å². The summed E-state index contributed by atoms with van der Waals surface area (Å²) in [5, 5.41) is 11.5. The van der Waals surface area contributed by atoms with E-state index in [1.807, 2.05) is 0 Å². The van der Waals surface area contributed by atoms with E-state index in [2.05, 4.69) is 38.5 Å². The molecule has 2 aliphatic rings. The van der Waals surface area contributed by atoms with E-state index in [1.54, 1.807) is 18.9 Å². The van der Waals surface area contributed by atoms with Gasteiger partial charge in [-0.3, -0.25) is 9.89 Å². The van der Waals surface area contributed by atoms with Crippen LogP contribution in [0.3, 0.4) is 0 Å². The van der Waals surface area contributed by atoms with Crippen LogP contribution >= 0.6 is 0 Å². The molecule has 8 nitrogen and oxygen atoms in total. The second-order valence-corrected chi connectivity index (χ2v) is 8.37. The number of aryl methyl sites for hydroxylation is 1.